The van der Waals surface area contributed by atoms with E-state index < -0.39 is 6.10 Å². The van der Waals surface area contributed by atoms with Crippen molar-refractivity contribution in [3.8, 4) is 0 Å². The number of epoxide rings is 1. The van der Waals surface area contributed by atoms with Gasteiger partial charge < -0.3 is 4.74 Å². The van der Waals surface area contributed by atoms with E-state index in [0.717, 1.165) is 11.1 Å². The van der Waals surface area contributed by atoms with Crippen LogP contribution >= 0.6 is 0 Å². The molecule has 1 heterocycles. The molecule has 1 fully saturated rings. The van der Waals surface area contributed by atoms with Crippen LogP contribution in [-0.4, -0.2) is 22.8 Å². The highest BCUT2D eigenvalue weighted by molar-refractivity contribution is 5.91. The molecule has 34 heavy (non-hydrogen) atoms. The van der Waals surface area contributed by atoms with Crippen LogP contribution in [0.25, 0.3) is 0 Å². The molecule has 4 aromatic carbocycles. The van der Waals surface area contributed by atoms with Gasteiger partial charge in [0, 0.05) is 13.1 Å². The summed E-state index contributed by atoms with van der Waals surface area (Å²) >= 11 is 0. The normalized spacial score (nSPS) is 17.9. The van der Waals surface area contributed by atoms with Crippen LogP contribution in [0.15, 0.2) is 121 Å². The summed E-state index contributed by atoms with van der Waals surface area (Å²) in [6, 6.07) is 40.9. The molecule has 3 heteroatoms. The summed E-state index contributed by atoms with van der Waals surface area (Å²) in [5, 5.41) is 0. The number of nitrogens with zero attached hydrogens (tertiary/aromatic N) is 1. The van der Waals surface area contributed by atoms with E-state index in [0.29, 0.717) is 19.5 Å². The highest BCUT2D eigenvalue weighted by Gasteiger charge is 2.49. The van der Waals surface area contributed by atoms with E-state index in [9.17, 15) is 4.79 Å². The predicted molar refractivity (Wildman–Crippen MR) is 135 cm³/mol. The lowest BCUT2D eigenvalue weighted by atomic mass is 9.95. The third kappa shape index (κ3) is 5.51. The Morgan fingerprint density at radius 1 is 0.647 bits per heavy atom. The van der Waals surface area contributed by atoms with Crippen molar-refractivity contribution in [3.63, 3.8) is 0 Å². The van der Waals surface area contributed by atoms with Crippen LogP contribution in [0.4, 0.5) is 0 Å². The first kappa shape index (κ1) is 22.3. The number of ketones is 1. The number of rotatable bonds is 10. The van der Waals surface area contributed by atoms with Crippen LogP contribution in [0.2, 0.25) is 0 Å². The fourth-order valence-electron chi connectivity index (χ4n) is 4.57. The van der Waals surface area contributed by atoms with Gasteiger partial charge in [-0.05, 0) is 28.7 Å². The van der Waals surface area contributed by atoms with Crippen molar-refractivity contribution in [1.82, 2.24) is 4.90 Å². The van der Waals surface area contributed by atoms with Gasteiger partial charge in [0.1, 0.15) is 12.2 Å². The number of carbonyl (C=O) groups is 1. The quantitative estimate of drug-likeness (QED) is 0.279. The molecule has 4 aromatic rings. The lowest BCUT2D eigenvalue weighted by Gasteiger charge is -2.31. The van der Waals surface area contributed by atoms with E-state index in [1.54, 1.807) is 0 Å². The van der Waals surface area contributed by atoms with Gasteiger partial charge in [-0.15, -0.1) is 0 Å². The van der Waals surface area contributed by atoms with Gasteiger partial charge in [-0.25, -0.2) is 0 Å². The topological polar surface area (TPSA) is 32.8 Å². The Hall–Kier alpha value is -3.53. The van der Waals surface area contributed by atoms with Gasteiger partial charge in [-0.2, -0.15) is 0 Å². The second kappa shape index (κ2) is 10.6. The third-order valence-corrected chi connectivity index (χ3v) is 6.40. The predicted octanol–water partition coefficient (Wildman–Crippen LogP) is 6.01. The van der Waals surface area contributed by atoms with Crippen LogP contribution < -0.4 is 0 Å². The van der Waals surface area contributed by atoms with E-state index in [-0.39, 0.29) is 17.9 Å². The van der Waals surface area contributed by atoms with Crippen molar-refractivity contribution in [2.24, 2.45) is 0 Å². The van der Waals surface area contributed by atoms with Gasteiger partial charge in [-0.3, -0.25) is 9.69 Å². The maximum Gasteiger partial charge on any atom is 0.182 e. The van der Waals surface area contributed by atoms with E-state index in [2.05, 4.69) is 65.6 Å². The maximum absolute atomic E-state index is 13.9. The highest BCUT2D eigenvalue weighted by Crippen LogP contribution is 2.40. The average molecular weight is 448 g/mol. The number of ether oxygens (including phenoxy) is 1. The van der Waals surface area contributed by atoms with E-state index in [1.165, 1.54) is 11.1 Å². The Labute approximate surface area is 201 Å². The minimum Gasteiger partial charge on any atom is -0.356 e. The molecule has 0 N–H and O–H groups in total. The van der Waals surface area contributed by atoms with Crippen LogP contribution in [0.5, 0.6) is 0 Å². The molecule has 0 spiro atoms. The summed E-state index contributed by atoms with van der Waals surface area (Å²) in [7, 11) is 0. The number of benzene rings is 4. The molecule has 0 saturated carbocycles. The molecule has 170 valence electrons. The van der Waals surface area contributed by atoms with E-state index in [1.807, 2.05) is 60.7 Å². The first-order valence-corrected chi connectivity index (χ1v) is 11.9. The standard InChI is InChI=1S/C31H29NO2/c33-29(31-30(34-31)27-19-11-4-12-20-27)28(21-24-13-5-1-6-14-24)32(22-25-15-7-2-8-16-25)23-26-17-9-3-10-18-26/h1-20,28,30-31H,21-23H2/t28-,30-,31+/m0/s1. The Morgan fingerprint density at radius 3 is 1.59 bits per heavy atom. The van der Waals surface area contributed by atoms with Crippen molar-refractivity contribution in [1.29, 1.82) is 0 Å². The summed E-state index contributed by atoms with van der Waals surface area (Å²) < 4.78 is 5.96. The second-order valence-electron chi connectivity index (χ2n) is 8.87. The van der Waals surface area contributed by atoms with Crippen LogP contribution in [0.3, 0.4) is 0 Å². The zero-order valence-corrected chi connectivity index (χ0v) is 19.2. The first-order valence-electron chi connectivity index (χ1n) is 11.9. The van der Waals surface area contributed by atoms with Crippen LogP contribution in [0, 0.1) is 0 Å². The van der Waals surface area contributed by atoms with Crippen molar-refractivity contribution < 1.29 is 9.53 Å². The van der Waals surface area contributed by atoms with Gasteiger partial charge in [0.2, 0.25) is 0 Å². The molecular weight excluding hydrogens is 418 g/mol. The molecule has 1 aliphatic heterocycles. The Balaban J connectivity index is 1.45. The van der Waals surface area contributed by atoms with Gasteiger partial charge in [0.15, 0.2) is 5.78 Å². The fraction of sp³-hybridized carbons (Fsp3) is 0.194. The summed E-state index contributed by atoms with van der Waals surface area (Å²) in [5.74, 6) is 0.157. The van der Waals surface area contributed by atoms with Crippen LogP contribution in [-0.2, 0) is 29.0 Å². The zero-order chi connectivity index (χ0) is 23.2. The highest BCUT2D eigenvalue weighted by atomic mass is 16.6. The maximum atomic E-state index is 13.9. The van der Waals surface area contributed by atoms with Gasteiger partial charge >= 0.3 is 0 Å². The summed E-state index contributed by atoms with van der Waals surface area (Å²) in [5.41, 5.74) is 4.61. The average Bonchev–Trinajstić information content (AvgIpc) is 3.70. The number of carbonyl (C=O) groups excluding carboxylic acids is 1. The summed E-state index contributed by atoms with van der Waals surface area (Å²) in [4.78, 5) is 16.3. The molecule has 0 aromatic heterocycles. The first-order chi connectivity index (χ1) is 16.8. The van der Waals surface area contributed by atoms with Gasteiger partial charge in [0.05, 0.1) is 6.04 Å². The third-order valence-electron chi connectivity index (χ3n) is 6.40. The number of hydrogen-bond donors (Lipinski definition) is 0. The molecule has 0 radical (unpaired) electrons. The Morgan fingerprint density at radius 2 is 1.09 bits per heavy atom. The second-order valence-corrected chi connectivity index (χ2v) is 8.87. The Bertz CT molecular complexity index is 1140. The molecule has 0 bridgehead atoms. The van der Waals surface area contributed by atoms with Crippen molar-refractivity contribution in [2.45, 2.75) is 37.8 Å². The summed E-state index contributed by atoms with van der Waals surface area (Å²) in [6.07, 6.45) is 0.105. The van der Waals surface area contributed by atoms with E-state index in [4.69, 9.17) is 4.74 Å². The summed E-state index contributed by atoms with van der Waals surface area (Å²) in [6.45, 7) is 1.39. The molecule has 3 atom stereocenters. The molecule has 0 unspecified atom stereocenters. The molecule has 0 amide bonds. The minimum absolute atomic E-state index is 0.151. The smallest absolute Gasteiger partial charge is 0.182 e. The lowest BCUT2D eigenvalue weighted by Crippen LogP contribution is -2.44. The molecule has 0 aliphatic carbocycles. The van der Waals surface area contributed by atoms with Crippen molar-refractivity contribution in [3.05, 3.63) is 144 Å². The van der Waals surface area contributed by atoms with Crippen molar-refractivity contribution >= 4 is 5.78 Å². The minimum atomic E-state index is -0.398. The van der Waals surface area contributed by atoms with Crippen LogP contribution in [0.1, 0.15) is 28.4 Å². The SMILES string of the molecule is O=C([C@H]1O[C@H]1c1ccccc1)[C@H](Cc1ccccc1)N(Cc1ccccc1)Cc1ccccc1. The monoisotopic (exact) mass is 447 g/mol. The van der Waals surface area contributed by atoms with Gasteiger partial charge in [-0.1, -0.05) is 121 Å². The van der Waals surface area contributed by atoms with E-state index >= 15 is 0 Å². The fourth-order valence-corrected chi connectivity index (χ4v) is 4.57. The molecule has 5 rings (SSSR count). The molecule has 1 saturated heterocycles. The Kier molecular flexibility index (Phi) is 6.94. The lowest BCUT2D eigenvalue weighted by molar-refractivity contribution is -0.126. The number of hydrogen-bond acceptors (Lipinski definition) is 3. The van der Waals surface area contributed by atoms with Gasteiger partial charge in [0.25, 0.3) is 0 Å². The zero-order valence-electron chi connectivity index (χ0n) is 19.2. The molecular formula is C31H29NO2. The number of Topliss-reactive ketones (excluding diaryl/α,β-unsaturated/α-hetero) is 1. The largest absolute Gasteiger partial charge is 0.356 e. The molecule has 1 aliphatic rings. The molecule has 3 nitrogen and oxygen atoms in total. The van der Waals surface area contributed by atoms with Crippen molar-refractivity contribution in [2.75, 3.05) is 0 Å².